The van der Waals surface area contributed by atoms with Crippen molar-refractivity contribution in [3.05, 3.63) is 12.2 Å². The third-order valence-electron chi connectivity index (χ3n) is 10.7. The summed E-state index contributed by atoms with van der Waals surface area (Å²) in [6.45, 7) is 13.1. The fourth-order valence-corrected chi connectivity index (χ4v) is 9.22. The van der Waals surface area contributed by atoms with Gasteiger partial charge in [-0.1, -0.05) is 19.4 Å². The van der Waals surface area contributed by atoms with Crippen LogP contribution in [0, 0.1) is 40.4 Å². The molecular weight excluding hydrogens is 372 g/mol. The first-order valence-electron chi connectivity index (χ1n) is 12.7. The molecule has 0 radical (unpaired) electrons. The highest BCUT2D eigenvalue weighted by Crippen LogP contribution is 2.68. The number of hydrogen-bond acceptors (Lipinski definition) is 3. The van der Waals surface area contributed by atoms with Crippen LogP contribution in [0.15, 0.2) is 12.2 Å². The average molecular weight is 419 g/mol. The third-order valence-corrected chi connectivity index (χ3v) is 10.7. The van der Waals surface area contributed by atoms with Crippen LogP contribution in [0.1, 0.15) is 98.3 Å². The predicted molar refractivity (Wildman–Crippen MR) is 122 cm³/mol. The van der Waals surface area contributed by atoms with Crippen LogP contribution in [0.4, 0.5) is 0 Å². The zero-order chi connectivity index (χ0) is 21.9. The van der Waals surface area contributed by atoms with E-state index in [4.69, 9.17) is 0 Å². The van der Waals surface area contributed by atoms with Gasteiger partial charge in [-0.3, -0.25) is 0 Å². The van der Waals surface area contributed by atoms with Gasteiger partial charge in [0.2, 0.25) is 0 Å². The second kappa shape index (κ2) is 7.89. The van der Waals surface area contributed by atoms with E-state index in [-0.39, 0.29) is 29.0 Å². The van der Waals surface area contributed by atoms with E-state index in [1.54, 1.807) is 0 Å². The van der Waals surface area contributed by atoms with Crippen LogP contribution < -0.4 is 0 Å². The Labute approximate surface area is 184 Å². The molecule has 0 saturated heterocycles. The Bertz CT molecular complexity index is 656. The number of allylic oxidation sites excluding steroid dienone is 1. The first-order chi connectivity index (χ1) is 14.0. The van der Waals surface area contributed by atoms with E-state index in [1.165, 1.54) is 24.8 Å². The molecule has 4 aliphatic rings. The predicted octanol–water partition coefficient (Wildman–Crippen LogP) is 5.47. The highest BCUT2D eigenvalue weighted by Gasteiger charge is 2.63. The minimum Gasteiger partial charge on any atom is -0.393 e. The highest BCUT2D eigenvalue weighted by molar-refractivity contribution is 5.13. The van der Waals surface area contributed by atoms with Crippen LogP contribution in [0.5, 0.6) is 0 Å². The van der Waals surface area contributed by atoms with Gasteiger partial charge in [0.25, 0.3) is 0 Å². The molecule has 3 heteroatoms. The Kier molecular flexibility index (Phi) is 5.99. The second-order valence-electron chi connectivity index (χ2n) is 12.6. The van der Waals surface area contributed by atoms with Gasteiger partial charge in [0.1, 0.15) is 0 Å². The number of hydrogen-bond donors (Lipinski definition) is 3. The van der Waals surface area contributed by atoms with Crippen LogP contribution in [0.2, 0.25) is 0 Å². The van der Waals surface area contributed by atoms with Gasteiger partial charge in [-0.2, -0.15) is 0 Å². The lowest BCUT2D eigenvalue weighted by Crippen LogP contribution is -2.59. The highest BCUT2D eigenvalue weighted by atomic mass is 16.3. The summed E-state index contributed by atoms with van der Waals surface area (Å²) in [5, 5.41) is 32.9. The van der Waals surface area contributed by atoms with Crippen LogP contribution in [-0.2, 0) is 0 Å². The minimum absolute atomic E-state index is 0.172. The summed E-state index contributed by atoms with van der Waals surface area (Å²) in [4.78, 5) is 0. The number of aliphatic hydroxyl groups excluding tert-OH is 2. The van der Waals surface area contributed by atoms with Gasteiger partial charge in [-0.15, -0.1) is 6.58 Å². The Hall–Kier alpha value is -0.380. The van der Waals surface area contributed by atoms with Gasteiger partial charge in [0.15, 0.2) is 0 Å². The molecule has 4 rings (SSSR count). The minimum atomic E-state index is -0.611. The monoisotopic (exact) mass is 418 g/mol. The topological polar surface area (TPSA) is 60.7 Å². The molecule has 30 heavy (non-hydrogen) atoms. The summed E-state index contributed by atoms with van der Waals surface area (Å²) in [6, 6.07) is 0. The van der Waals surface area contributed by atoms with E-state index in [1.807, 2.05) is 0 Å². The molecule has 0 amide bonds. The molecule has 4 fully saturated rings. The van der Waals surface area contributed by atoms with Crippen LogP contribution >= 0.6 is 0 Å². The molecule has 0 aliphatic heterocycles. The maximum Gasteiger partial charge on any atom is 0.0653 e. The van der Waals surface area contributed by atoms with Crippen molar-refractivity contribution in [2.45, 2.75) is 116 Å². The first-order valence-corrected chi connectivity index (χ1v) is 12.7. The molecule has 0 aromatic carbocycles. The lowest BCUT2D eigenvalue weighted by atomic mass is 9.43. The Balaban J connectivity index is 1.54. The summed E-state index contributed by atoms with van der Waals surface area (Å²) in [5.74, 6) is 2.48. The van der Waals surface area contributed by atoms with E-state index in [0.29, 0.717) is 23.7 Å². The van der Waals surface area contributed by atoms with Gasteiger partial charge >= 0.3 is 0 Å². The molecule has 10 unspecified atom stereocenters. The van der Waals surface area contributed by atoms with Crippen LogP contribution in [0.25, 0.3) is 0 Å². The zero-order valence-corrected chi connectivity index (χ0v) is 19.9. The van der Waals surface area contributed by atoms with Crippen molar-refractivity contribution in [1.29, 1.82) is 0 Å². The molecule has 4 saturated carbocycles. The van der Waals surface area contributed by atoms with Crippen LogP contribution in [-0.4, -0.2) is 33.1 Å². The van der Waals surface area contributed by atoms with Gasteiger partial charge in [0, 0.05) is 0 Å². The molecule has 4 aliphatic carbocycles. The van der Waals surface area contributed by atoms with Gasteiger partial charge in [0.05, 0.1) is 17.8 Å². The summed E-state index contributed by atoms with van der Waals surface area (Å²) in [7, 11) is 0. The summed E-state index contributed by atoms with van der Waals surface area (Å²) < 4.78 is 0. The Morgan fingerprint density at radius 3 is 2.33 bits per heavy atom. The molecule has 0 heterocycles. The SMILES string of the molecule is C=C(C)CCCC(C)(O)C1CCC2C3CC(O)C4CC(O)CCC4(C)C3CCC21C. The summed E-state index contributed by atoms with van der Waals surface area (Å²) in [6.07, 6.45) is 10.8. The van der Waals surface area contributed by atoms with E-state index >= 15 is 0 Å². The molecule has 10 atom stereocenters. The largest absolute Gasteiger partial charge is 0.393 e. The summed E-state index contributed by atoms with van der Waals surface area (Å²) in [5.41, 5.74) is 0.953. The molecule has 0 spiro atoms. The number of fused-ring (bicyclic) bond motifs is 5. The molecule has 3 nitrogen and oxygen atoms in total. The fourth-order valence-electron chi connectivity index (χ4n) is 9.22. The number of aliphatic hydroxyl groups is 3. The van der Waals surface area contributed by atoms with E-state index in [0.717, 1.165) is 51.4 Å². The summed E-state index contributed by atoms with van der Waals surface area (Å²) >= 11 is 0. The normalized spacial score (nSPS) is 50.2. The van der Waals surface area contributed by atoms with Crippen molar-refractivity contribution in [3.63, 3.8) is 0 Å². The molecule has 0 aromatic rings. The van der Waals surface area contributed by atoms with E-state index in [9.17, 15) is 15.3 Å². The second-order valence-corrected chi connectivity index (χ2v) is 12.6. The van der Waals surface area contributed by atoms with Gasteiger partial charge < -0.3 is 15.3 Å². The lowest BCUT2D eigenvalue weighted by Gasteiger charge is -2.62. The molecule has 172 valence electrons. The average Bonchev–Trinajstić information content (AvgIpc) is 3.01. The van der Waals surface area contributed by atoms with Crippen molar-refractivity contribution in [3.8, 4) is 0 Å². The quantitative estimate of drug-likeness (QED) is 0.519. The Morgan fingerprint density at radius 2 is 1.63 bits per heavy atom. The van der Waals surface area contributed by atoms with E-state index in [2.05, 4.69) is 34.3 Å². The van der Waals surface area contributed by atoms with Crippen LogP contribution in [0.3, 0.4) is 0 Å². The van der Waals surface area contributed by atoms with Crippen molar-refractivity contribution < 1.29 is 15.3 Å². The standard InChI is InChI=1S/C27H46O3/c1-17(2)7-6-12-27(5,30)24-9-8-20-19-16-23(29)22-15-18(28)10-13-25(22,3)21(19)11-14-26(20,24)4/h18-24,28-30H,1,6-16H2,2-5H3. The maximum absolute atomic E-state index is 11.5. The first kappa shape index (κ1) is 22.8. The van der Waals surface area contributed by atoms with Crippen molar-refractivity contribution >= 4 is 0 Å². The molecule has 0 aromatic heterocycles. The molecule has 0 bridgehead atoms. The van der Waals surface area contributed by atoms with Crippen molar-refractivity contribution in [2.24, 2.45) is 40.4 Å². The van der Waals surface area contributed by atoms with Gasteiger partial charge in [-0.05, 0) is 125 Å². The third kappa shape index (κ3) is 3.61. The van der Waals surface area contributed by atoms with E-state index < -0.39 is 5.60 Å². The molecule has 3 N–H and O–H groups in total. The lowest BCUT2D eigenvalue weighted by molar-refractivity contribution is -0.179. The zero-order valence-electron chi connectivity index (χ0n) is 19.9. The Morgan fingerprint density at radius 1 is 0.967 bits per heavy atom. The maximum atomic E-state index is 11.5. The van der Waals surface area contributed by atoms with Crippen molar-refractivity contribution in [2.75, 3.05) is 0 Å². The van der Waals surface area contributed by atoms with Gasteiger partial charge in [-0.25, -0.2) is 0 Å². The fraction of sp³-hybridized carbons (Fsp3) is 0.926. The molecular formula is C27H46O3. The smallest absolute Gasteiger partial charge is 0.0653 e. The van der Waals surface area contributed by atoms with Crippen molar-refractivity contribution in [1.82, 2.24) is 0 Å². The number of rotatable bonds is 5.